The lowest BCUT2D eigenvalue weighted by molar-refractivity contribution is -0.120. The molecule has 0 bridgehead atoms. The average Bonchev–Trinajstić information content (AvgIpc) is 0.779. The first-order valence-electron chi connectivity index (χ1n) is 35.6. The van der Waals surface area contributed by atoms with Gasteiger partial charge in [-0.05, 0) is 200 Å². The van der Waals surface area contributed by atoms with Crippen LogP contribution in [0.1, 0.15) is 76.6 Å². The summed E-state index contributed by atoms with van der Waals surface area (Å²) in [4.78, 5) is 153. The summed E-state index contributed by atoms with van der Waals surface area (Å²) in [5, 5.41) is 8.89. The number of aromatic amines is 3. The molecule has 8 aliphatic heterocycles. The lowest BCUT2D eigenvalue weighted by atomic mass is 10.1. The van der Waals surface area contributed by atoms with Gasteiger partial charge in [-0.15, -0.1) is 0 Å². The third-order valence-electron chi connectivity index (χ3n) is 19.3. The second-order valence-corrected chi connectivity index (χ2v) is 31.6. The van der Waals surface area contributed by atoms with Gasteiger partial charge >= 0.3 is 43.8 Å². The highest BCUT2D eigenvalue weighted by atomic mass is 32.2. The Balaban J connectivity index is 0.000000191. The first kappa shape index (κ1) is 84.3. The number of halogens is 6. The number of sulfonamides is 1. The number of aromatic nitrogens is 16. The molecule has 0 aliphatic carbocycles. The molecule has 113 heavy (non-hydrogen) atoms. The van der Waals surface area contributed by atoms with Gasteiger partial charge in [0.25, 0.3) is 22.2 Å². The Morgan fingerprint density at radius 2 is 0.805 bits per heavy atom. The number of unbranched alkanes of at least 4 members (excludes halogenated alkanes) is 1. The molecule has 0 spiro atoms. The van der Waals surface area contributed by atoms with E-state index in [0.29, 0.717) is 71.2 Å². The summed E-state index contributed by atoms with van der Waals surface area (Å²) >= 11 is 0. The van der Waals surface area contributed by atoms with Crippen LogP contribution in [0.25, 0.3) is 90.2 Å². The third-order valence-corrected chi connectivity index (χ3v) is 22.3. The largest absolute Gasteiger partial charge is 0.511 e. The van der Waals surface area contributed by atoms with Crippen molar-refractivity contribution in [1.29, 1.82) is 0 Å². The van der Waals surface area contributed by atoms with Crippen LogP contribution in [-0.4, -0.2) is 183 Å². The molecule has 8 heterocycles. The van der Waals surface area contributed by atoms with Gasteiger partial charge in [0, 0.05) is 85.2 Å². The lowest BCUT2D eigenvalue weighted by Crippen LogP contribution is -2.38. The number of H-pyrrole nitrogens is 3. The Kier molecular flexibility index (Phi) is 25.7. The average molecular weight is 1610 g/mol. The van der Waals surface area contributed by atoms with E-state index in [2.05, 4.69) is 76.6 Å². The number of nitrogens with zero attached hydrogens (tertiary/aromatic N) is 14. The van der Waals surface area contributed by atoms with Crippen molar-refractivity contribution in [3.05, 3.63) is 176 Å². The summed E-state index contributed by atoms with van der Waals surface area (Å²) in [6.07, 6.45) is 1.52. The number of amides is 1. The van der Waals surface area contributed by atoms with E-state index < -0.39 is 81.3 Å². The molecule has 41 heteroatoms. The number of carbonyl (C=O) groups excluding carboxylic acids is 1. The van der Waals surface area contributed by atoms with E-state index in [1.165, 1.54) is 11.8 Å². The Labute approximate surface area is 638 Å². The molecule has 602 valence electrons. The molecule has 0 saturated carbocycles. The summed E-state index contributed by atoms with van der Waals surface area (Å²) in [6, 6.07) is 15.1. The van der Waals surface area contributed by atoms with E-state index in [0.717, 1.165) is 61.0 Å². The Morgan fingerprint density at radius 3 is 1.18 bits per heavy atom. The van der Waals surface area contributed by atoms with Gasteiger partial charge in [0.2, 0.25) is 5.91 Å². The molecule has 1 atom stereocenters. The topological polar surface area (TPSA) is 431 Å². The highest BCUT2D eigenvalue weighted by Crippen LogP contribution is 2.30. The van der Waals surface area contributed by atoms with Gasteiger partial charge in [-0.3, -0.25) is 52.6 Å². The minimum absolute atomic E-state index is 0.0135. The molecule has 1 unspecified atom stereocenters. The number of alkyl halides is 6. The number of carbonyl (C=O) groups is 1. The van der Waals surface area contributed by atoms with Crippen LogP contribution < -0.4 is 65.7 Å². The maximum absolute atomic E-state index is 13.3. The fraction of sp³-hybridized carbons (Fsp3) is 0.417. The summed E-state index contributed by atoms with van der Waals surface area (Å²) in [5.41, 5.74) is -2.85. The molecule has 0 aromatic heterocycles. The van der Waals surface area contributed by atoms with E-state index in [1.54, 1.807) is 20.7 Å². The van der Waals surface area contributed by atoms with Crippen LogP contribution in [0, 0.1) is 55.4 Å². The highest BCUT2D eigenvalue weighted by molar-refractivity contribution is 8.01. The fourth-order valence-electron chi connectivity index (χ4n) is 12.5. The van der Waals surface area contributed by atoms with Crippen molar-refractivity contribution in [3.8, 4) is 46.1 Å². The van der Waals surface area contributed by atoms with E-state index in [9.17, 15) is 82.1 Å². The number of rotatable bonds is 26. The van der Waals surface area contributed by atoms with Gasteiger partial charge in [0.05, 0.1) is 53.7 Å². The maximum atomic E-state index is 13.3. The summed E-state index contributed by atoms with van der Waals surface area (Å²) in [7, 11) is -6.73. The van der Waals surface area contributed by atoms with Crippen molar-refractivity contribution >= 4 is 75.5 Å². The van der Waals surface area contributed by atoms with E-state index in [1.807, 2.05) is 113 Å². The second-order valence-electron chi connectivity index (χ2n) is 27.3. The van der Waals surface area contributed by atoms with Gasteiger partial charge in [-0.25, -0.2) is 52.3 Å². The molecule has 0 radical (unpaired) electrons. The normalized spacial score (nSPS) is 12.7. The summed E-state index contributed by atoms with van der Waals surface area (Å²) in [6.45, 7) is 18.9. The quantitative estimate of drug-likeness (QED) is 0.0176. The van der Waals surface area contributed by atoms with Crippen molar-refractivity contribution in [3.63, 3.8) is 0 Å². The minimum atomic E-state index is -5.36. The molecular weight excluding hydrogens is 1530 g/mol. The number of nitrogens with one attached hydrogen (secondary N) is 7. The van der Waals surface area contributed by atoms with Gasteiger partial charge in [-0.1, -0.05) is 0 Å². The van der Waals surface area contributed by atoms with Crippen LogP contribution in [0.15, 0.2) is 86.9 Å². The highest BCUT2D eigenvalue weighted by Gasteiger charge is 2.45. The van der Waals surface area contributed by atoms with Gasteiger partial charge < -0.3 is 34.2 Å². The molecule has 7 N–H and O–H groups in total. The van der Waals surface area contributed by atoms with Crippen molar-refractivity contribution in [2.45, 2.75) is 125 Å². The van der Waals surface area contributed by atoms with Crippen LogP contribution in [0.2, 0.25) is 0 Å². The predicted octanol–water partition coefficient (Wildman–Crippen LogP) is 3.68. The van der Waals surface area contributed by atoms with Crippen molar-refractivity contribution in [2.75, 3.05) is 65.2 Å². The van der Waals surface area contributed by atoms with Crippen LogP contribution >= 0.6 is 0 Å². The lowest BCUT2D eigenvalue weighted by Gasteiger charge is -2.26. The monoisotopic (exact) mass is 1610 g/mol. The molecule has 0 fully saturated rings. The molecule has 1 amide bonds. The molecular formula is C72H83F6N21O12S2. The van der Waals surface area contributed by atoms with Crippen LogP contribution in [0.5, 0.6) is 0 Å². The predicted molar refractivity (Wildman–Crippen MR) is 415 cm³/mol. The molecule has 8 aliphatic rings. The standard InChI is InChI=1S/C34H36F3N9O5S.C19H23F3N6O4S.C19H24N6O3/c1-18-14-22-24(16-20(18)3)45(28-26(38-22)30(47)42-32(49)40-28)11-9-44(8-6-7-13-52(5,51)34(35,36)37)10-12-46-25-17-21(4)19(2)15-23(25)39-27-29(46)41-33(50)43-31(27)48;1-11-9-13-14(10-12(11)2)28(16-15(25-13)17(29)27(3)18(30)26-16)8-7-23-5-4-6-24-33(31,32)19(20,21)22;1-11-9-13-14(10-12(11)2)25(8-7-21-6-4-5-15(26)20-3)17-16(22-13)18(27)24-19(28)23-17/h14-17H,5-13H2,1-4H3,(H,42,47,49)(H,43,48,50);9-10,23-24H,4-8H2,1-3H3;9-10,21H,4-8H2,1-3H3,(H,20,26)(H,24,27,28). The first-order chi connectivity index (χ1) is 53.2. The van der Waals surface area contributed by atoms with Crippen molar-refractivity contribution in [1.82, 2.24) is 103 Å². The zero-order valence-corrected chi connectivity index (χ0v) is 64.9. The third kappa shape index (κ3) is 19.2. The smallest absolute Gasteiger partial charge is 0.359 e. The van der Waals surface area contributed by atoms with E-state index in [-0.39, 0.29) is 124 Å². The number of benzene rings is 4. The van der Waals surface area contributed by atoms with Crippen LogP contribution in [0.3, 0.4) is 0 Å². The minimum Gasteiger partial charge on any atom is -0.359 e. The summed E-state index contributed by atoms with van der Waals surface area (Å²) < 4.78 is 120. The Bertz CT molecular complexity index is 6110. The zero-order valence-electron chi connectivity index (χ0n) is 63.3. The van der Waals surface area contributed by atoms with Gasteiger partial charge in [-0.2, -0.15) is 46.3 Å². The molecule has 12 rings (SSSR count). The molecule has 33 nitrogen and oxygen atoms in total. The fourth-order valence-corrected chi connectivity index (χ4v) is 13.9. The van der Waals surface area contributed by atoms with Crippen LogP contribution in [-0.2, 0) is 57.6 Å². The van der Waals surface area contributed by atoms with Crippen LogP contribution in [0.4, 0.5) is 26.3 Å². The number of hydrogen-bond acceptors (Lipinski definition) is 23. The zero-order chi connectivity index (χ0) is 82.5. The first-order valence-corrected chi connectivity index (χ1v) is 39.0. The number of aryl methyl sites for hydroxylation is 8. The Morgan fingerprint density at radius 1 is 0.451 bits per heavy atom. The molecule has 4 aromatic carbocycles. The SMILES string of the molecule is C=S(=O)(CCCCN(CCn1c2nc(=O)[nH]c(=O)c-2nc2cc(C)c(C)cc21)CCn1c2nc(=O)[nH]c(=O)c-2nc2cc(C)c(C)cc21)C(F)(F)F.CNC(=O)CCCNCCn1c2nc(=O)[nH]c(=O)c-2nc2cc(C)c(C)cc21.Cc1cc2nc3c(=O)n(C)c(=O)nc-3n(CCNCCCNS(=O)(=O)C(F)(F)F)c2cc1C. The summed E-state index contributed by atoms with van der Waals surface area (Å²) in [5.74, 6) is 2.87. The molecule has 0 saturated heterocycles. The number of fused-ring (bicyclic) bond motifs is 8. The van der Waals surface area contributed by atoms with E-state index in [4.69, 9.17) is 0 Å². The molecule has 4 aromatic rings. The maximum Gasteiger partial charge on any atom is 0.511 e. The Hall–Kier alpha value is -11.1. The van der Waals surface area contributed by atoms with E-state index >= 15 is 0 Å². The van der Waals surface area contributed by atoms with Crippen molar-refractivity contribution in [2.24, 2.45) is 7.05 Å². The second kappa shape index (κ2) is 34.5. The van der Waals surface area contributed by atoms with Gasteiger partial charge in [0.15, 0.2) is 46.1 Å². The number of hydrogen-bond donors (Lipinski definition) is 7. The van der Waals surface area contributed by atoms with Gasteiger partial charge in [0.1, 0.15) is 0 Å². The van der Waals surface area contributed by atoms with Crippen molar-refractivity contribution < 1.29 is 43.8 Å².